The van der Waals surface area contributed by atoms with Crippen LogP contribution in [0.4, 0.5) is 10.7 Å². The minimum absolute atomic E-state index is 0.0410. The van der Waals surface area contributed by atoms with Gasteiger partial charge >= 0.3 is 5.97 Å². The van der Waals surface area contributed by atoms with Crippen molar-refractivity contribution in [3.8, 4) is 6.07 Å². The van der Waals surface area contributed by atoms with Crippen LogP contribution in [-0.4, -0.2) is 34.9 Å². The van der Waals surface area contributed by atoms with Crippen molar-refractivity contribution < 1.29 is 19.1 Å². The Labute approximate surface area is 169 Å². The highest BCUT2D eigenvalue weighted by Gasteiger charge is 2.27. The lowest BCUT2D eigenvalue weighted by atomic mass is 10.1. The number of nitrogen functional groups attached to an aromatic ring is 1. The normalized spacial score (nSPS) is 11.9. The number of thioether (sulfide) groups is 1. The molecule has 0 saturated heterocycles. The molecule has 0 aliphatic carbocycles. The summed E-state index contributed by atoms with van der Waals surface area (Å²) >= 11 is 2.51. The van der Waals surface area contributed by atoms with E-state index in [-0.39, 0.29) is 26.9 Å². The molecule has 4 N–H and O–H groups in total. The number of carbonyl (C=O) groups is 2. The van der Waals surface area contributed by atoms with E-state index >= 15 is 0 Å². The number of nitrogens with two attached hydrogens (primary N) is 1. The molecule has 1 aromatic carbocycles. The van der Waals surface area contributed by atoms with Crippen molar-refractivity contribution in [3.63, 3.8) is 0 Å². The third-order valence-corrected chi connectivity index (χ3v) is 5.98. The third-order valence-electron chi connectivity index (χ3n) is 4.20. The summed E-state index contributed by atoms with van der Waals surface area (Å²) < 4.78 is 5.42. The van der Waals surface area contributed by atoms with E-state index in [2.05, 4.69) is 5.32 Å². The fourth-order valence-corrected chi connectivity index (χ4v) is 4.30. The molecule has 3 aromatic rings. The van der Waals surface area contributed by atoms with Crippen molar-refractivity contribution in [1.82, 2.24) is 0 Å². The molecule has 2 aromatic heterocycles. The van der Waals surface area contributed by atoms with Crippen molar-refractivity contribution in [2.24, 2.45) is 0 Å². The Hall–Kier alpha value is -2.96. The number of anilines is 2. The minimum Gasteiger partial charge on any atom is -0.480 e. The van der Waals surface area contributed by atoms with Crippen LogP contribution >= 0.6 is 23.1 Å². The van der Waals surface area contributed by atoms with Gasteiger partial charge in [-0.15, -0.1) is 11.3 Å². The molecule has 0 amide bonds. The topological polar surface area (TPSA) is 129 Å². The predicted molar refractivity (Wildman–Crippen MR) is 111 cm³/mol. The first-order valence-electron chi connectivity index (χ1n) is 8.29. The number of carbonyl (C=O) groups excluding carboxylic acids is 1. The summed E-state index contributed by atoms with van der Waals surface area (Å²) in [6, 6.07) is 8.21. The largest absolute Gasteiger partial charge is 0.480 e. The summed E-state index contributed by atoms with van der Waals surface area (Å²) in [5, 5.41) is 22.7. The summed E-state index contributed by atoms with van der Waals surface area (Å²) in [4.78, 5) is 24.7. The first-order valence-corrected chi connectivity index (χ1v) is 10.5. The summed E-state index contributed by atoms with van der Waals surface area (Å²) in [5.74, 6) is -0.758. The summed E-state index contributed by atoms with van der Waals surface area (Å²) in [5.41, 5.74) is 7.10. The molecule has 0 spiro atoms. The summed E-state index contributed by atoms with van der Waals surface area (Å²) in [6.07, 6.45) is 3.62. The van der Waals surface area contributed by atoms with Gasteiger partial charge in [0.2, 0.25) is 5.78 Å². The van der Waals surface area contributed by atoms with Crippen LogP contribution in [0.15, 0.2) is 34.9 Å². The van der Waals surface area contributed by atoms with Gasteiger partial charge in [0.25, 0.3) is 0 Å². The molecule has 1 atom stereocenters. The van der Waals surface area contributed by atoms with Crippen molar-refractivity contribution in [3.05, 3.63) is 46.5 Å². The number of nitrogens with one attached hydrogen (secondary N) is 1. The molecule has 144 valence electrons. The maximum atomic E-state index is 13.0. The molecule has 0 aliphatic heterocycles. The van der Waals surface area contributed by atoms with Crippen LogP contribution in [0.1, 0.15) is 27.2 Å². The summed E-state index contributed by atoms with van der Waals surface area (Å²) in [7, 11) is 0. The van der Waals surface area contributed by atoms with E-state index in [0.717, 1.165) is 11.3 Å². The van der Waals surface area contributed by atoms with Crippen molar-refractivity contribution in [2.75, 3.05) is 23.1 Å². The van der Waals surface area contributed by atoms with Gasteiger partial charge in [-0.2, -0.15) is 17.0 Å². The van der Waals surface area contributed by atoms with Gasteiger partial charge in [-0.25, -0.2) is 4.79 Å². The number of carboxylic acid groups (broad SMARTS) is 1. The van der Waals surface area contributed by atoms with E-state index in [1.807, 2.05) is 12.3 Å². The van der Waals surface area contributed by atoms with Gasteiger partial charge < -0.3 is 20.6 Å². The van der Waals surface area contributed by atoms with Crippen LogP contribution in [0.5, 0.6) is 0 Å². The number of benzene rings is 1. The van der Waals surface area contributed by atoms with E-state index in [9.17, 15) is 20.0 Å². The van der Waals surface area contributed by atoms with Gasteiger partial charge in [0.1, 0.15) is 39.4 Å². The Morgan fingerprint density at radius 3 is 2.86 bits per heavy atom. The highest BCUT2D eigenvalue weighted by molar-refractivity contribution is 7.98. The molecule has 3 rings (SSSR count). The lowest BCUT2D eigenvalue weighted by molar-refractivity contribution is -0.137. The zero-order valence-corrected chi connectivity index (χ0v) is 16.5. The van der Waals surface area contributed by atoms with Crippen LogP contribution in [0.3, 0.4) is 0 Å². The number of nitriles is 1. The van der Waals surface area contributed by atoms with E-state index in [1.165, 1.54) is 18.0 Å². The van der Waals surface area contributed by atoms with Crippen LogP contribution < -0.4 is 11.1 Å². The lowest BCUT2D eigenvalue weighted by Crippen LogP contribution is -2.29. The van der Waals surface area contributed by atoms with E-state index < -0.39 is 12.0 Å². The standard InChI is InChI=1S/C19H17N3O4S2/c1-27-7-6-13(19(24)25)22-18-11(8-20)15(21)17(28-18)16(23)12-9-26-14-5-3-2-4-10(12)14/h2-5,9,13,22H,6-7,21H2,1H3,(H,24,25). The fraction of sp³-hybridized carbons (Fsp3) is 0.211. The van der Waals surface area contributed by atoms with E-state index in [4.69, 9.17) is 10.2 Å². The Bertz CT molecular complexity index is 1080. The molecule has 0 aliphatic rings. The SMILES string of the molecule is CSCCC(Nc1sc(C(=O)c2coc3ccccc23)c(N)c1C#N)C(=O)O. The molecule has 0 fully saturated rings. The molecule has 0 bridgehead atoms. The van der Waals surface area contributed by atoms with Crippen LogP contribution in [0.25, 0.3) is 11.0 Å². The molecular formula is C19H17N3O4S2. The van der Waals surface area contributed by atoms with Crippen LogP contribution in [-0.2, 0) is 4.79 Å². The first-order chi connectivity index (χ1) is 13.5. The van der Waals surface area contributed by atoms with Crippen LogP contribution in [0.2, 0.25) is 0 Å². The van der Waals surface area contributed by atoms with Gasteiger partial charge in [-0.05, 0) is 24.5 Å². The number of aliphatic carboxylic acids is 1. The van der Waals surface area contributed by atoms with Crippen molar-refractivity contribution in [2.45, 2.75) is 12.5 Å². The number of hydrogen-bond acceptors (Lipinski definition) is 8. The maximum absolute atomic E-state index is 13.0. The smallest absolute Gasteiger partial charge is 0.326 e. The number of fused-ring (bicyclic) bond motifs is 1. The average Bonchev–Trinajstić information content (AvgIpc) is 3.25. The van der Waals surface area contributed by atoms with E-state index in [1.54, 1.807) is 24.3 Å². The Morgan fingerprint density at radius 2 is 2.18 bits per heavy atom. The molecular weight excluding hydrogens is 398 g/mol. The maximum Gasteiger partial charge on any atom is 0.326 e. The lowest BCUT2D eigenvalue weighted by Gasteiger charge is -2.13. The average molecular weight is 415 g/mol. The summed E-state index contributed by atoms with van der Waals surface area (Å²) in [6.45, 7) is 0. The highest BCUT2D eigenvalue weighted by Crippen LogP contribution is 2.38. The minimum atomic E-state index is -1.03. The molecule has 1 unspecified atom stereocenters. The quantitative estimate of drug-likeness (QED) is 0.474. The second kappa shape index (κ2) is 8.37. The first kappa shape index (κ1) is 19.8. The molecule has 0 saturated carbocycles. The Balaban J connectivity index is 1.98. The van der Waals surface area contributed by atoms with Gasteiger partial charge in [-0.3, -0.25) is 4.79 Å². The number of ketones is 1. The molecule has 28 heavy (non-hydrogen) atoms. The zero-order chi connectivity index (χ0) is 20.3. The number of rotatable bonds is 8. The highest BCUT2D eigenvalue weighted by atomic mass is 32.2. The van der Waals surface area contributed by atoms with E-state index in [0.29, 0.717) is 28.7 Å². The predicted octanol–water partition coefficient (Wildman–Crippen LogP) is 3.80. The van der Waals surface area contributed by atoms with Gasteiger partial charge in [0, 0.05) is 5.39 Å². The second-order valence-electron chi connectivity index (χ2n) is 5.95. The number of para-hydroxylation sites is 1. The fourth-order valence-electron chi connectivity index (χ4n) is 2.75. The molecule has 9 heteroatoms. The molecule has 2 heterocycles. The van der Waals surface area contributed by atoms with Gasteiger partial charge in [-0.1, -0.05) is 18.2 Å². The number of hydrogen-bond donors (Lipinski definition) is 3. The van der Waals surface area contributed by atoms with Crippen molar-refractivity contribution >= 4 is 56.5 Å². The Kier molecular flexibility index (Phi) is 5.92. The Morgan fingerprint density at radius 1 is 1.43 bits per heavy atom. The third kappa shape index (κ3) is 3.69. The number of nitrogens with zero attached hydrogens (tertiary/aromatic N) is 1. The van der Waals surface area contributed by atoms with Crippen molar-refractivity contribution in [1.29, 1.82) is 5.26 Å². The van der Waals surface area contributed by atoms with Gasteiger partial charge in [0.15, 0.2) is 0 Å². The second-order valence-corrected chi connectivity index (χ2v) is 7.96. The molecule has 0 radical (unpaired) electrons. The number of thiophene rings is 1. The number of carboxylic acids is 1. The number of furan rings is 1. The monoisotopic (exact) mass is 415 g/mol. The molecule has 7 nitrogen and oxygen atoms in total. The zero-order valence-electron chi connectivity index (χ0n) is 14.9. The van der Waals surface area contributed by atoms with Crippen LogP contribution in [0, 0.1) is 11.3 Å². The van der Waals surface area contributed by atoms with Gasteiger partial charge in [0.05, 0.1) is 11.3 Å².